The Morgan fingerprint density at radius 2 is 1.88 bits per heavy atom. The number of hydrogen-bond donors (Lipinski definition) is 0. The zero-order valence-corrected chi connectivity index (χ0v) is 15.8. The average molecular weight is 332 g/mol. The minimum atomic E-state index is -0.0936. The molecule has 1 amide bonds. The molecule has 0 radical (unpaired) electrons. The third-order valence-corrected chi connectivity index (χ3v) is 5.02. The average Bonchev–Trinajstić information content (AvgIpc) is 2.53. The van der Waals surface area contributed by atoms with Crippen LogP contribution in [0.3, 0.4) is 0 Å². The van der Waals surface area contributed by atoms with Crippen molar-refractivity contribution in [3.05, 3.63) is 23.8 Å². The van der Waals surface area contributed by atoms with Crippen LogP contribution >= 0.6 is 0 Å². The first-order chi connectivity index (χ1) is 11.5. The molecule has 2 rings (SSSR count). The minimum Gasteiger partial charge on any atom is -0.271 e. The lowest BCUT2D eigenvalue weighted by molar-refractivity contribution is -0.149. The van der Waals surface area contributed by atoms with Gasteiger partial charge in [-0.1, -0.05) is 63.7 Å². The number of rotatable bonds is 8. The summed E-state index contributed by atoms with van der Waals surface area (Å²) in [6, 6.07) is 0. The zero-order valence-electron chi connectivity index (χ0n) is 15.8. The van der Waals surface area contributed by atoms with Crippen LogP contribution in [0, 0.1) is 5.41 Å². The molecule has 0 aromatic carbocycles. The molecule has 134 valence electrons. The van der Waals surface area contributed by atoms with Gasteiger partial charge in [-0.15, -0.1) is 0 Å². The van der Waals surface area contributed by atoms with Crippen LogP contribution in [0.15, 0.2) is 28.9 Å². The van der Waals surface area contributed by atoms with Gasteiger partial charge in [-0.3, -0.25) is 4.79 Å². The summed E-state index contributed by atoms with van der Waals surface area (Å²) in [6.07, 6.45) is 15.5. The molecule has 2 aliphatic rings. The highest BCUT2D eigenvalue weighted by atomic mass is 16.2. The second-order valence-electron chi connectivity index (χ2n) is 7.45. The zero-order chi connectivity index (χ0) is 17.6. The summed E-state index contributed by atoms with van der Waals surface area (Å²) in [6.45, 7) is 7.29. The van der Waals surface area contributed by atoms with Gasteiger partial charge in [0.15, 0.2) is 0 Å². The molecule has 0 aromatic heterocycles. The molecule has 0 spiro atoms. The lowest BCUT2D eigenvalue weighted by Crippen LogP contribution is -2.53. The van der Waals surface area contributed by atoms with Gasteiger partial charge in [0.25, 0.3) is 5.91 Å². The summed E-state index contributed by atoms with van der Waals surface area (Å²) in [5.41, 5.74) is 2.08. The number of hydrogen-bond acceptors (Lipinski definition) is 3. The van der Waals surface area contributed by atoms with Crippen LogP contribution in [-0.2, 0) is 4.79 Å². The van der Waals surface area contributed by atoms with Crippen LogP contribution in [-0.4, -0.2) is 35.3 Å². The van der Waals surface area contributed by atoms with Crippen LogP contribution in [0.2, 0.25) is 0 Å². The number of hydrazine groups is 1. The highest BCUT2D eigenvalue weighted by molar-refractivity contribution is 6.07. The van der Waals surface area contributed by atoms with Crippen LogP contribution < -0.4 is 0 Å². The number of unbranched alkanes of at least 4 members (excludes halogenated alkanes) is 6. The molecule has 1 atom stereocenters. The van der Waals surface area contributed by atoms with E-state index in [4.69, 9.17) is 0 Å². The van der Waals surface area contributed by atoms with Gasteiger partial charge >= 0.3 is 0 Å². The summed E-state index contributed by atoms with van der Waals surface area (Å²) in [5.74, 6) is 0.114. The lowest BCUT2D eigenvalue weighted by atomic mass is 9.78. The molecule has 24 heavy (non-hydrogen) atoms. The summed E-state index contributed by atoms with van der Waals surface area (Å²) >= 11 is 0. The van der Waals surface area contributed by atoms with Gasteiger partial charge in [0.2, 0.25) is 0 Å². The standard InChI is InChI=1S/C20H33N3O/c1-5-6-7-8-9-10-11-14-18(24)23-21-19-17(2)13-12-15-20(19,3)16-22(23)4/h12-13,15H,5-11,14,16H2,1-4H3. The first-order valence-corrected chi connectivity index (χ1v) is 9.47. The van der Waals surface area contributed by atoms with E-state index in [0.29, 0.717) is 6.42 Å². The fourth-order valence-electron chi connectivity index (χ4n) is 3.63. The van der Waals surface area contributed by atoms with Gasteiger partial charge in [0, 0.05) is 25.4 Å². The SMILES string of the molecule is CCCCCCCCCC(=O)N1N=C2C(C)=CC=CC2(C)CN1C. The Bertz CT molecular complexity index is 535. The molecule has 0 aromatic rings. The van der Waals surface area contributed by atoms with Gasteiger partial charge in [-0.05, 0) is 25.8 Å². The van der Waals surface area contributed by atoms with E-state index in [9.17, 15) is 4.79 Å². The van der Waals surface area contributed by atoms with E-state index in [2.05, 4.69) is 44.1 Å². The van der Waals surface area contributed by atoms with Crippen LogP contribution in [0.4, 0.5) is 0 Å². The van der Waals surface area contributed by atoms with Crippen molar-refractivity contribution in [1.29, 1.82) is 0 Å². The Kier molecular flexibility index (Phi) is 6.79. The Hall–Kier alpha value is -1.42. The van der Waals surface area contributed by atoms with E-state index in [1.165, 1.54) is 32.1 Å². The quantitative estimate of drug-likeness (QED) is 0.605. The van der Waals surface area contributed by atoms with Gasteiger partial charge in [-0.25, -0.2) is 0 Å². The Morgan fingerprint density at radius 1 is 1.21 bits per heavy atom. The van der Waals surface area contributed by atoms with Crippen LogP contribution in [0.25, 0.3) is 0 Å². The summed E-state index contributed by atoms with van der Waals surface area (Å²) in [5, 5.41) is 8.23. The number of carbonyl (C=O) groups excluding carboxylic acids is 1. The Morgan fingerprint density at radius 3 is 2.58 bits per heavy atom. The van der Waals surface area contributed by atoms with Crippen molar-refractivity contribution in [3.63, 3.8) is 0 Å². The molecule has 1 heterocycles. The highest BCUT2D eigenvalue weighted by Crippen LogP contribution is 2.33. The first-order valence-electron chi connectivity index (χ1n) is 9.47. The molecule has 0 bridgehead atoms. The van der Waals surface area contributed by atoms with Crippen molar-refractivity contribution < 1.29 is 4.79 Å². The third kappa shape index (κ3) is 4.56. The number of nitrogens with zero attached hydrogens (tertiary/aromatic N) is 3. The third-order valence-electron chi connectivity index (χ3n) is 5.02. The maximum absolute atomic E-state index is 12.6. The Balaban J connectivity index is 1.86. The second-order valence-corrected chi connectivity index (χ2v) is 7.45. The molecule has 0 saturated heterocycles. The molecule has 0 fully saturated rings. The fraction of sp³-hybridized carbons (Fsp3) is 0.700. The first kappa shape index (κ1) is 18.9. The van der Waals surface area contributed by atoms with Crippen molar-refractivity contribution in [2.45, 2.75) is 72.1 Å². The summed E-state index contributed by atoms with van der Waals surface area (Å²) in [7, 11) is 1.95. The molecular formula is C20H33N3O. The van der Waals surface area contributed by atoms with Crippen LogP contribution in [0.1, 0.15) is 72.1 Å². The molecule has 1 aliphatic carbocycles. The normalized spacial score (nSPS) is 23.8. The van der Waals surface area contributed by atoms with Crippen molar-refractivity contribution >= 4 is 11.6 Å². The number of hydrazone groups is 1. The largest absolute Gasteiger partial charge is 0.271 e. The molecule has 0 saturated carbocycles. The topological polar surface area (TPSA) is 35.9 Å². The van der Waals surface area contributed by atoms with E-state index < -0.39 is 0 Å². The smallest absolute Gasteiger partial charge is 0.257 e. The predicted molar refractivity (Wildman–Crippen MR) is 101 cm³/mol. The van der Waals surface area contributed by atoms with Gasteiger partial charge in [0.05, 0.1) is 5.71 Å². The summed E-state index contributed by atoms with van der Waals surface area (Å²) in [4.78, 5) is 12.6. The maximum atomic E-state index is 12.6. The molecular weight excluding hydrogens is 298 g/mol. The minimum absolute atomic E-state index is 0.0936. The number of amides is 1. The maximum Gasteiger partial charge on any atom is 0.257 e. The van der Waals surface area contributed by atoms with Gasteiger partial charge in [0.1, 0.15) is 0 Å². The van der Waals surface area contributed by atoms with E-state index in [0.717, 1.165) is 30.7 Å². The molecule has 4 heteroatoms. The van der Waals surface area contributed by atoms with E-state index in [1.807, 2.05) is 12.1 Å². The number of fused-ring (bicyclic) bond motifs is 1. The van der Waals surface area contributed by atoms with E-state index >= 15 is 0 Å². The van der Waals surface area contributed by atoms with Crippen molar-refractivity contribution in [2.24, 2.45) is 10.5 Å². The number of carbonyl (C=O) groups is 1. The molecule has 1 unspecified atom stereocenters. The van der Waals surface area contributed by atoms with Gasteiger partial charge < -0.3 is 0 Å². The Labute approximate surface area is 147 Å². The second kappa shape index (κ2) is 8.61. The predicted octanol–water partition coefficient (Wildman–Crippen LogP) is 4.69. The molecule has 1 aliphatic heterocycles. The fourth-order valence-corrected chi connectivity index (χ4v) is 3.63. The summed E-state index contributed by atoms with van der Waals surface area (Å²) < 4.78 is 0. The highest BCUT2D eigenvalue weighted by Gasteiger charge is 2.39. The molecule has 0 N–H and O–H groups in total. The molecule has 4 nitrogen and oxygen atoms in total. The van der Waals surface area contributed by atoms with Gasteiger partial charge in [-0.2, -0.15) is 15.2 Å². The van der Waals surface area contributed by atoms with E-state index in [-0.39, 0.29) is 11.3 Å². The van der Waals surface area contributed by atoms with Crippen LogP contribution in [0.5, 0.6) is 0 Å². The van der Waals surface area contributed by atoms with Crippen molar-refractivity contribution in [3.8, 4) is 0 Å². The monoisotopic (exact) mass is 331 g/mol. The van der Waals surface area contributed by atoms with E-state index in [1.54, 1.807) is 5.12 Å². The number of allylic oxidation sites excluding steroid dienone is 3. The van der Waals surface area contributed by atoms with Crippen molar-refractivity contribution in [1.82, 2.24) is 10.1 Å². The lowest BCUT2D eigenvalue weighted by Gasteiger charge is -2.42. The van der Waals surface area contributed by atoms with Crippen molar-refractivity contribution in [2.75, 3.05) is 13.6 Å².